The van der Waals surface area contributed by atoms with E-state index in [1.807, 2.05) is 43.4 Å². The molecule has 9 heteroatoms. The molecule has 174 valence electrons. The second-order valence-corrected chi connectivity index (χ2v) is 7.65. The van der Waals surface area contributed by atoms with Gasteiger partial charge in [0, 0.05) is 23.2 Å². The maximum atomic E-state index is 12.8. The monoisotopic (exact) mass is 465 g/mol. The Morgan fingerprint density at radius 1 is 0.971 bits per heavy atom. The fourth-order valence-corrected chi connectivity index (χ4v) is 3.59. The van der Waals surface area contributed by atoms with Gasteiger partial charge in [0.1, 0.15) is 12.1 Å². The number of amides is 1. The zero-order valence-corrected chi connectivity index (χ0v) is 18.2. The van der Waals surface area contributed by atoms with Crippen molar-refractivity contribution in [3.8, 4) is 0 Å². The Morgan fingerprint density at radius 2 is 1.74 bits per heavy atom. The van der Waals surface area contributed by atoms with E-state index in [0.717, 1.165) is 40.7 Å². The van der Waals surface area contributed by atoms with Crippen LogP contribution in [0.15, 0.2) is 79.1 Å². The Kier molecular flexibility index (Phi) is 6.74. The van der Waals surface area contributed by atoms with Crippen LogP contribution in [0, 0.1) is 0 Å². The summed E-state index contributed by atoms with van der Waals surface area (Å²) in [5.41, 5.74) is 1.57. The van der Waals surface area contributed by atoms with Crippen molar-refractivity contribution in [3.63, 3.8) is 0 Å². The van der Waals surface area contributed by atoms with Gasteiger partial charge >= 0.3 is 6.18 Å². The number of para-hydroxylation sites is 1. The molecule has 34 heavy (non-hydrogen) atoms. The van der Waals surface area contributed by atoms with Gasteiger partial charge in [-0.1, -0.05) is 24.3 Å². The first kappa shape index (κ1) is 23.2. The van der Waals surface area contributed by atoms with Crippen molar-refractivity contribution in [3.05, 3.63) is 95.8 Å². The van der Waals surface area contributed by atoms with Crippen LogP contribution in [0.2, 0.25) is 0 Å². The third-order valence-electron chi connectivity index (χ3n) is 5.28. The van der Waals surface area contributed by atoms with Gasteiger partial charge in [0.15, 0.2) is 0 Å². The second-order valence-electron chi connectivity index (χ2n) is 7.65. The number of hydrogen-bond donors (Lipinski definition) is 3. The smallest absolute Gasteiger partial charge is 0.361 e. The first-order valence-electron chi connectivity index (χ1n) is 10.5. The van der Waals surface area contributed by atoms with E-state index in [1.165, 1.54) is 6.33 Å². The maximum Gasteiger partial charge on any atom is 0.416 e. The molecule has 1 aromatic heterocycles. The minimum absolute atomic E-state index is 0.135. The molecule has 0 spiro atoms. The minimum atomic E-state index is -4.45. The molecule has 0 aliphatic carbocycles. The number of likely N-dealkylation sites (N-methyl/N-ethyl adjacent to an activating group) is 1. The molecule has 1 heterocycles. The van der Waals surface area contributed by atoms with Crippen LogP contribution in [-0.4, -0.2) is 29.5 Å². The molecule has 0 saturated carbocycles. The van der Waals surface area contributed by atoms with Crippen LogP contribution in [0.3, 0.4) is 0 Å². The summed E-state index contributed by atoms with van der Waals surface area (Å²) in [7, 11) is 1.84. The first-order valence-corrected chi connectivity index (χ1v) is 10.5. The van der Waals surface area contributed by atoms with Gasteiger partial charge in [-0.2, -0.15) is 13.2 Å². The minimum Gasteiger partial charge on any atom is -0.361 e. The van der Waals surface area contributed by atoms with Crippen LogP contribution in [0.1, 0.15) is 27.5 Å². The van der Waals surface area contributed by atoms with E-state index in [4.69, 9.17) is 0 Å². The summed E-state index contributed by atoms with van der Waals surface area (Å²) in [6, 6.07) is 18.9. The van der Waals surface area contributed by atoms with Crippen molar-refractivity contribution in [2.75, 3.05) is 24.2 Å². The van der Waals surface area contributed by atoms with Crippen molar-refractivity contribution >= 4 is 28.3 Å². The fourth-order valence-electron chi connectivity index (χ4n) is 3.59. The molecule has 0 fully saturated rings. The third kappa shape index (κ3) is 5.32. The molecule has 1 atom stereocenters. The summed E-state index contributed by atoms with van der Waals surface area (Å²) in [6.45, 7) is 0.578. The van der Waals surface area contributed by atoms with Crippen LogP contribution in [0.4, 0.5) is 24.7 Å². The van der Waals surface area contributed by atoms with E-state index in [2.05, 4.69) is 25.9 Å². The lowest BCUT2D eigenvalue weighted by molar-refractivity contribution is -0.137. The van der Waals surface area contributed by atoms with E-state index in [9.17, 15) is 18.0 Å². The predicted molar refractivity (Wildman–Crippen MR) is 126 cm³/mol. The molecule has 4 rings (SSSR count). The van der Waals surface area contributed by atoms with Gasteiger partial charge in [0.05, 0.1) is 17.1 Å². The molecule has 1 unspecified atom stereocenters. The van der Waals surface area contributed by atoms with E-state index in [0.29, 0.717) is 18.1 Å². The average Bonchev–Trinajstić information content (AvgIpc) is 2.83. The van der Waals surface area contributed by atoms with Gasteiger partial charge in [-0.3, -0.25) is 4.79 Å². The molecular formula is C25H22F3N5O. The van der Waals surface area contributed by atoms with Crippen LogP contribution >= 0.6 is 0 Å². The number of rotatable bonds is 7. The number of alkyl halides is 3. The van der Waals surface area contributed by atoms with Crippen molar-refractivity contribution in [2.24, 2.45) is 0 Å². The van der Waals surface area contributed by atoms with Gasteiger partial charge in [-0.05, 0) is 61.1 Å². The number of hydrogen-bond acceptors (Lipinski definition) is 5. The number of benzene rings is 3. The van der Waals surface area contributed by atoms with Crippen molar-refractivity contribution in [1.29, 1.82) is 0 Å². The SMILES string of the molecule is CNCC(Nc1ncnc2ccccc12)c1cccc(NC(=O)c2ccc(C(F)(F)F)cc2)c1. The van der Waals surface area contributed by atoms with E-state index >= 15 is 0 Å². The molecule has 0 aliphatic rings. The van der Waals surface area contributed by atoms with Gasteiger partial charge in [-0.25, -0.2) is 9.97 Å². The summed E-state index contributed by atoms with van der Waals surface area (Å²) < 4.78 is 38.3. The Hall–Kier alpha value is -3.98. The van der Waals surface area contributed by atoms with Crippen LogP contribution < -0.4 is 16.0 Å². The van der Waals surface area contributed by atoms with Gasteiger partial charge < -0.3 is 16.0 Å². The molecule has 3 N–H and O–H groups in total. The summed E-state index contributed by atoms with van der Waals surface area (Å²) >= 11 is 0. The van der Waals surface area contributed by atoms with Crippen molar-refractivity contribution < 1.29 is 18.0 Å². The molecule has 0 bridgehead atoms. The lowest BCUT2D eigenvalue weighted by Crippen LogP contribution is -2.24. The van der Waals surface area contributed by atoms with Gasteiger partial charge in [-0.15, -0.1) is 0 Å². The highest BCUT2D eigenvalue weighted by Crippen LogP contribution is 2.29. The summed E-state index contributed by atoms with van der Waals surface area (Å²) in [6.07, 6.45) is -2.95. The predicted octanol–water partition coefficient (Wildman–Crippen LogP) is 5.27. The molecule has 0 saturated heterocycles. The number of nitrogens with one attached hydrogen (secondary N) is 3. The molecule has 6 nitrogen and oxygen atoms in total. The fraction of sp³-hybridized carbons (Fsp3) is 0.160. The zero-order valence-electron chi connectivity index (χ0n) is 18.2. The van der Waals surface area contributed by atoms with E-state index < -0.39 is 17.6 Å². The maximum absolute atomic E-state index is 12.8. The Balaban J connectivity index is 1.54. The van der Waals surface area contributed by atoms with Gasteiger partial charge in [0.2, 0.25) is 0 Å². The highest BCUT2D eigenvalue weighted by molar-refractivity contribution is 6.04. The number of aromatic nitrogens is 2. The van der Waals surface area contributed by atoms with E-state index in [-0.39, 0.29) is 11.6 Å². The Labute approximate surface area is 194 Å². The summed E-state index contributed by atoms with van der Waals surface area (Å²) in [5, 5.41) is 10.2. The lowest BCUT2D eigenvalue weighted by Gasteiger charge is -2.21. The standard InChI is InChI=1S/C25H22F3N5O/c1-29-14-22(33-23-20-7-2-3-8-21(20)30-15-31-23)17-5-4-6-19(13-17)32-24(34)16-9-11-18(12-10-16)25(26,27)28/h2-13,15,22,29H,14H2,1H3,(H,32,34)(H,30,31,33). The highest BCUT2D eigenvalue weighted by Gasteiger charge is 2.30. The number of nitrogens with zero attached hydrogens (tertiary/aromatic N) is 2. The molecule has 0 aliphatic heterocycles. The first-order chi connectivity index (χ1) is 16.3. The van der Waals surface area contributed by atoms with Crippen LogP contribution in [0.25, 0.3) is 10.9 Å². The summed E-state index contributed by atoms with van der Waals surface area (Å²) in [4.78, 5) is 21.3. The van der Waals surface area contributed by atoms with Gasteiger partial charge in [0.25, 0.3) is 5.91 Å². The Bertz CT molecular complexity index is 1290. The van der Waals surface area contributed by atoms with Crippen molar-refractivity contribution in [1.82, 2.24) is 15.3 Å². The molecule has 1 amide bonds. The van der Waals surface area contributed by atoms with E-state index in [1.54, 1.807) is 12.1 Å². The second kappa shape index (κ2) is 9.88. The number of carbonyl (C=O) groups is 1. The molecule has 0 radical (unpaired) electrons. The average molecular weight is 465 g/mol. The normalized spacial score (nSPS) is 12.4. The number of anilines is 2. The summed E-state index contributed by atoms with van der Waals surface area (Å²) in [5.74, 6) is 0.191. The number of halogens is 3. The highest BCUT2D eigenvalue weighted by atomic mass is 19.4. The zero-order chi connectivity index (χ0) is 24.1. The van der Waals surface area contributed by atoms with Crippen LogP contribution in [0.5, 0.6) is 0 Å². The third-order valence-corrected chi connectivity index (χ3v) is 5.28. The van der Waals surface area contributed by atoms with Crippen molar-refractivity contribution in [2.45, 2.75) is 12.2 Å². The molecule has 3 aromatic carbocycles. The number of fused-ring (bicyclic) bond motifs is 1. The van der Waals surface area contributed by atoms with Crippen LogP contribution in [-0.2, 0) is 6.18 Å². The topological polar surface area (TPSA) is 78.9 Å². The molecule has 4 aromatic rings. The largest absolute Gasteiger partial charge is 0.416 e. The lowest BCUT2D eigenvalue weighted by atomic mass is 10.1. The quantitative estimate of drug-likeness (QED) is 0.346. The Morgan fingerprint density at radius 3 is 2.47 bits per heavy atom. The molecular weight excluding hydrogens is 443 g/mol. The number of carbonyl (C=O) groups excluding carboxylic acids is 1.